The first kappa shape index (κ1) is 17.3. The minimum absolute atomic E-state index is 0.303. The molecule has 1 fully saturated rings. The summed E-state index contributed by atoms with van der Waals surface area (Å²) >= 11 is 4.88. The quantitative estimate of drug-likeness (QED) is 0.850. The van der Waals surface area contributed by atoms with Crippen molar-refractivity contribution in [3.8, 4) is 0 Å². The molecule has 0 saturated carbocycles. The van der Waals surface area contributed by atoms with Gasteiger partial charge in [0.25, 0.3) is 0 Å². The fourth-order valence-electron chi connectivity index (χ4n) is 2.68. The number of thiophene rings is 1. The van der Waals surface area contributed by atoms with Crippen molar-refractivity contribution in [3.63, 3.8) is 0 Å². The number of nitrogens with zero attached hydrogens (tertiary/aromatic N) is 1. The van der Waals surface area contributed by atoms with E-state index in [1.54, 1.807) is 20.8 Å². The van der Waals surface area contributed by atoms with Crippen LogP contribution in [0.1, 0.15) is 38.5 Å². The standard InChI is InChI=1S/C15H20BrNO4S/c1-14(2,3)21-13(20)17-8-4-7-15(17,12(18)19)9-10-5-6-11(16)22-10/h5-6H,4,7-9H2,1-3H3,(H,18,19)/t15-/m1/s1. The maximum Gasteiger partial charge on any atom is 0.411 e. The zero-order chi connectivity index (χ0) is 16.5. The molecule has 1 aromatic rings. The van der Waals surface area contributed by atoms with E-state index in [0.29, 0.717) is 25.8 Å². The van der Waals surface area contributed by atoms with Crippen molar-refractivity contribution in [2.24, 2.45) is 0 Å². The lowest BCUT2D eigenvalue weighted by molar-refractivity contribution is -0.149. The minimum Gasteiger partial charge on any atom is -0.479 e. The first-order valence-electron chi connectivity index (χ1n) is 7.12. The summed E-state index contributed by atoms with van der Waals surface area (Å²) in [6.07, 6.45) is 0.857. The smallest absolute Gasteiger partial charge is 0.411 e. The Morgan fingerprint density at radius 3 is 2.64 bits per heavy atom. The lowest BCUT2D eigenvalue weighted by Gasteiger charge is -2.35. The van der Waals surface area contributed by atoms with Crippen LogP contribution in [0.5, 0.6) is 0 Å². The highest BCUT2D eigenvalue weighted by Gasteiger charge is 2.51. The highest BCUT2D eigenvalue weighted by molar-refractivity contribution is 9.11. The van der Waals surface area contributed by atoms with Gasteiger partial charge in [0.1, 0.15) is 11.1 Å². The van der Waals surface area contributed by atoms with E-state index in [4.69, 9.17) is 4.74 Å². The molecule has 0 aliphatic carbocycles. The summed E-state index contributed by atoms with van der Waals surface area (Å²) in [4.78, 5) is 26.7. The van der Waals surface area contributed by atoms with Crippen molar-refractivity contribution in [1.29, 1.82) is 0 Å². The van der Waals surface area contributed by atoms with Gasteiger partial charge in [-0.15, -0.1) is 11.3 Å². The summed E-state index contributed by atoms with van der Waals surface area (Å²) in [6.45, 7) is 5.74. The van der Waals surface area contributed by atoms with Crippen LogP contribution in [0.25, 0.3) is 0 Å². The number of likely N-dealkylation sites (tertiary alicyclic amines) is 1. The lowest BCUT2D eigenvalue weighted by Crippen LogP contribution is -2.55. The monoisotopic (exact) mass is 389 g/mol. The Labute approximate surface area is 142 Å². The zero-order valence-electron chi connectivity index (χ0n) is 12.9. The molecule has 0 radical (unpaired) electrons. The van der Waals surface area contributed by atoms with E-state index < -0.39 is 23.2 Å². The van der Waals surface area contributed by atoms with Crippen LogP contribution < -0.4 is 0 Å². The van der Waals surface area contributed by atoms with Crippen LogP contribution >= 0.6 is 27.3 Å². The second kappa shape index (κ2) is 6.20. The van der Waals surface area contributed by atoms with Crippen LogP contribution in [-0.4, -0.2) is 39.8 Å². The number of ether oxygens (including phenoxy) is 1. The molecule has 22 heavy (non-hydrogen) atoms. The summed E-state index contributed by atoms with van der Waals surface area (Å²) in [7, 11) is 0. The van der Waals surface area contributed by atoms with Gasteiger partial charge in [-0.05, 0) is 61.7 Å². The van der Waals surface area contributed by atoms with E-state index in [1.165, 1.54) is 16.2 Å². The Hall–Kier alpha value is -1.08. The molecule has 2 rings (SSSR count). The number of aliphatic carboxylic acids is 1. The molecule has 1 aliphatic rings. The first-order chi connectivity index (χ1) is 10.1. The topological polar surface area (TPSA) is 66.8 Å². The molecule has 2 heterocycles. The van der Waals surface area contributed by atoms with Crippen LogP contribution in [0.3, 0.4) is 0 Å². The van der Waals surface area contributed by atoms with Gasteiger partial charge >= 0.3 is 12.1 Å². The molecule has 0 spiro atoms. The molecule has 0 bridgehead atoms. The van der Waals surface area contributed by atoms with Crippen LogP contribution in [0.4, 0.5) is 4.79 Å². The van der Waals surface area contributed by atoms with Crippen molar-refractivity contribution in [1.82, 2.24) is 4.90 Å². The second-order valence-corrected chi connectivity index (χ2v) is 9.00. The third-order valence-electron chi connectivity index (χ3n) is 3.60. The molecule has 1 saturated heterocycles. The van der Waals surface area contributed by atoms with E-state index in [0.717, 1.165) is 8.66 Å². The molecule has 1 N–H and O–H groups in total. The maximum atomic E-state index is 12.4. The Kier molecular flexibility index (Phi) is 4.87. The predicted molar refractivity (Wildman–Crippen MR) is 88.3 cm³/mol. The van der Waals surface area contributed by atoms with Crippen LogP contribution in [0.15, 0.2) is 15.9 Å². The minimum atomic E-state index is -1.22. The summed E-state index contributed by atoms with van der Waals surface area (Å²) in [5.74, 6) is -0.972. The van der Waals surface area contributed by atoms with Gasteiger partial charge in [0, 0.05) is 17.8 Å². The highest BCUT2D eigenvalue weighted by Crippen LogP contribution is 2.36. The van der Waals surface area contributed by atoms with Gasteiger partial charge in [-0.1, -0.05) is 0 Å². The van der Waals surface area contributed by atoms with Crippen molar-refractivity contribution < 1.29 is 19.4 Å². The van der Waals surface area contributed by atoms with Crippen molar-refractivity contribution in [2.45, 2.75) is 51.2 Å². The molecule has 1 aromatic heterocycles. The number of carbonyl (C=O) groups is 2. The fourth-order valence-corrected chi connectivity index (χ4v) is 4.27. The molecule has 5 nitrogen and oxygen atoms in total. The van der Waals surface area contributed by atoms with Crippen LogP contribution in [0, 0.1) is 0 Å². The van der Waals surface area contributed by atoms with E-state index >= 15 is 0 Å². The SMILES string of the molecule is CC(C)(C)OC(=O)N1CCC[C@@]1(Cc1ccc(Br)s1)C(=O)O. The summed E-state index contributed by atoms with van der Waals surface area (Å²) in [5.41, 5.74) is -1.86. The molecule has 1 atom stereocenters. The van der Waals surface area contributed by atoms with Gasteiger partial charge in [-0.2, -0.15) is 0 Å². The van der Waals surface area contributed by atoms with Crippen LogP contribution in [-0.2, 0) is 16.0 Å². The van der Waals surface area contributed by atoms with Gasteiger partial charge < -0.3 is 9.84 Å². The summed E-state index contributed by atoms with van der Waals surface area (Å²) in [5, 5.41) is 9.79. The van der Waals surface area contributed by atoms with Gasteiger partial charge in [-0.3, -0.25) is 4.90 Å². The second-order valence-electron chi connectivity index (χ2n) is 6.45. The van der Waals surface area contributed by atoms with Gasteiger partial charge in [0.05, 0.1) is 3.79 Å². The number of hydrogen-bond acceptors (Lipinski definition) is 4. The molecule has 0 aromatic carbocycles. The van der Waals surface area contributed by atoms with E-state index in [-0.39, 0.29) is 0 Å². The number of carboxylic acid groups (broad SMARTS) is 1. The normalized spacial score (nSPS) is 21.9. The third-order valence-corrected chi connectivity index (χ3v) is 5.22. The van der Waals surface area contributed by atoms with Crippen molar-refractivity contribution >= 4 is 39.3 Å². The number of carbonyl (C=O) groups excluding carboxylic acids is 1. The predicted octanol–water partition coefficient (Wildman–Crippen LogP) is 3.91. The number of halogens is 1. The molecule has 1 amide bonds. The van der Waals surface area contributed by atoms with E-state index in [1.807, 2.05) is 12.1 Å². The van der Waals surface area contributed by atoms with E-state index in [9.17, 15) is 14.7 Å². The Bertz CT molecular complexity index is 580. The zero-order valence-corrected chi connectivity index (χ0v) is 15.3. The number of carboxylic acids is 1. The summed E-state index contributed by atoms with van der Waals surface area (Å²) < 4.78 is 6.34. The first-order valence-corrected chi connectivity index (χ1v) is 8.73. The Morgan fingerprint density at radius 2 is 2.14 bits per heavy atom. The molecular formula is C15H20BrNO4S. The fraction of sp³-hybridized carbons (Fsp3) is 0.600. The number of amides is 1. The van der Waals surface area contributed by atoms with Gasteiger partial charge in [-0.25, -0.2) is 9.59 Å². The average molecular weight is 390 g/mol. The maximum absolute atomic E-state index is 12.4. The van der Waals surface area contributed by atoms with Crippen LogP contribution in [0.2, 0.25) is 0 Å². The molecular weight excluding hydrogens is 370 g/mol. The number of hydrogen-bond donors (Lipinski definition) is 1. The van der Waals surface area contributed by atoms with Gasteiger partial charge in [0.2, 0.25) is 0 Å². The third kappa shape index (κ3) is 3.63. The molecule has 7 heteroatoms. The Balaban J connectivity index is 2.28. The molecule has 122 valence electrons. The van der Waals surface area contributed by atoms with Crippen molar-refractivity contribution in [3.05, 3.63) is 20.8 Å². The summed E-state index contributed by atoms with van der Waals surface area (Å²) in [6, 6.07) is 3.79. The van der Waals surface area contributed by atoms with Crippen molar-refractivity contribution in [2.75, 3.05) is 6.54 Å². The molecule has 1 aliphatic heterocycles. The lowest BCUT2D eigenvalue weighted by atomic mass is 9.91. The largest absolute Gasteiger partial charge is 0.479 e. The average Bonchev–Trinajstić information content (AvgIpc) is 2.95. The van der Waals surface area contributed by atoms with E-state index in [2.05, 4.69) is 15.9 Å². The highest BCUT2D eigenvalue weighted by atomic mass is 79.9. The number of rotatable bonds is 3. The molecule has 0 unspecified atom stereocenters. The van der Waals surface area contributed by atoms with Gasteiger partial charge in [0.15, 0.2) is 0 Å². The Morgan fingerprint density at radius 1 is 1.45 bits per heavy atom.